The highest BCUT2D eigenvalue weighted by Gasteiger charge is 2.16. The Morgan fingerprint density at radius 2 is 1.87 bits per heavy atom. The molecule has 1 saturated heterocycles. The van der Waals surface area contributed by atoms with E-state index in [1.807, 2.05) is 36.1 Å². The zero-order valence-corrected chi connectivity index (χ0v) is 19.3. The van der Waals surface area contributed by atoms with E-state index >= 15 is 0 Å². The van der Waals surface area contributed by atoms with Crippen molar-refractivity contribution in [2.24, 2.45) is 0 Å². The molecule has 1 fully saturated rings. The summed E-state index contributed by atoms with van der Waals surface area (Å²) in [5.74, 6) is 0.824. The molecule has 0 unspecified atom stereocenters. The third kappa shape index (κ3) is 7.58. The average Bonchev–Trinajstić information content (AvgIpc) is 2.78. The lowest BCUT2D eigenvalue weighted by atomic mass is 10.2. The van der Waals surface area contributed by atoms with Crippen LogP contribution in [0.3, 0.4) is 0 Å². The summed E-state index contributed by atoms with van der Waals surface area (Å²) in [6.45, 7) is 8.07. The van der Waals surface area contributed by atoms with Gasteiger partial charge >= 0.3 is 6.03 Å². The second-order valence-electron chi connectivity index (χ2n) is 7.37. The molecule has 0 saturated carbocycles. The van der Waals surface area contributed by atoms with Crippen LogP contribution in [0.25, 0.3) is 0 Å². The number of urea groups is 1. The molecule has 3 rings (SSSR count). The van der Waals surface area contributed by atoms with Gasteiger partial charge in [-0.05, 0) is 49.2 Å². The molecule has 8 heteroatoms. The summed E-state index contributed by atoms with van der Waals surface area (Å²) in [6.07, 6.45) is 0.881. The first-order valence-corrected chi connectivity index (χ1v) is 11.3. The highest BCUT2D eigenvalue weighted by atomic mass is 35.5. The number of nitrogens with one attached hydrogen (secondary N) is 1. The minimum absolute atomic E-state index is 0.172. The first kappa shape index (κ1) is 23.7. The number of amides is 2. The zero-order chi connectivity index (χ0) is 22.1. The summed E-state index contributed by atoms with van der Waals surface area (Å²) in [4.78, 5) is 17.2. The van der Waals surface area contributed by atoms with Crippen molar-refractivity contribution < 1.29 is 14.3 Å². The highest BCUT2D eigenvalue weighted by molar-refractivity contribution is 6.42. The predicted octanol–water partition coefficient (Wildman–Crippen LogP) is 5.15. The number of benzene rings is 2. The van der Waals surface area contributed by atoms with Gasteiger partial charge in [0.05, 0.1) is 29.9 Å². The van der Waals surface area contributed by atoms with Crippen LogP contribution in [0.15, 0.2) is 42.5 Å². The molecule has 1 N–H and O–H groups in total. The Morgan fingerprint density at radius 3 is 2.55 bits per heavy atom. The van der Waals surface area contributed by atoms with Gasteiger partial charge < -0.3 is 19.7 Å². The topological polar surface area (TPSA) is 54.0 Å². The van der Waals surface area contributed by atoms with E-state index in [-0.39, 0.29) is 6.03 Å². The Morgan fingerprint density at radius 1 is 1.13 bits per heavy atom. The molecule has 0 spiro atoms. The number of carbonyl (C=O) groups excluding carboxylic acids is 1. The van der Waals surface area contributed by atoms with Crippen LogP contribution in [-0.4, -0.2) is 61.8 Å². The van der Waals surface area contributed by atoms with Crippen LogP contribution in [0.5, 0.6) is 5.75 Å². The molecule has 0 aliphatic carbocycles. The monoisotopic (exact) mass is 465 g/mol. The van der Waals surface area contributed by atoms with Gasteiger partial charge in [-0.25, -0.2) is 4.79 Å². The Hall–Kier alpha value is -1.99. The fraction of sp³-hybridized carbons (Fsp3) is 0.435. The Bertz CT molecular complexity index is 842. The van der Waals surface area contributed by atoms with Crippen LogP contribution < -0.4 is 10.1 Å². The number of hydrogen-bond acceptors (Lipinski definition) is 4. The molecule has 2 amide bonds. The molecule has 31 heavy (non-hydrogen) atoms. The second kappa shape index (κ2) is 12.2. The lowest BCUT2D eigenvalue weighted by Gasteiger charge is -2.28. The molecule has 6 nitrogen and oxygen atoms in total. The van der Waals surface area contributed by atoms with Gasteiger partial charge in [0.15, 0.2) is 0 Å². The van der Waals surface area contributed by atoms with Crippen LogP contribution in [0, 0.1) is 0 Å². The standard InChI is InChI=1S/C23H29Cl2N3O3/c1-2-31-20-7-4-18(5-8-20)17-28(11-3-10-27-12-14-30-15-13-27)23(29)26-19-6-9-21(24)22(25)16-19/h4-9,16H,2-3,10-15,17H2,1H3,(H,26,29). The van der Waals surface area contributed by atoms with Crippen LogP contribution >= 0.6 is 23.2 Å². The maximum atomic E-state index is 13.0. The van der Waals surface area contributed by atoms with Gasteiger partial charge in [0.25, 0.3) is 0 Å². The molecular weight excluding hydrogens is 437 g/mol. The maximum Gasteiger partial charge on any atom is 0.322 e. The van der Waals surface area contributed by atoms with Gasteiger partial charge in [0.2, 0.25) is 0 Å². The minimum atomic E-state index is -0.172. The summed E-state index contributed by atoms with van der Waals surface area (Å²) >= 11 is 12.1. The van der Waals surface area contributed by atoms with E-state index in [0.29, 0.717) is 35.4 Å². The quantitative estimate of drug-likeness (QED) is 0.556. The minimum Gasteiger partial charge on any atom is -0.494 e. The van der Waals surface area contributed by atoms with Gasteiger partial charge in [0.1, 0.15) is 5.75 Å². The van der Waals surface area contributed by atoms with Gasteiger partial charge in [-0.1, -0.05) is 35.3 Å². The third-order valence-corrected chi connectivity index (χ3v) is 5.81. The van der Waals surface area contributed by atoms with Crippen LogP contribution in [0.4, 0.5) is 10.5 Å². The van der Waals surface area contributed by atoms with E-state index in [0.717, 1.165) is 50.6 Å². The summed E-state index contributed by atoms with van der Waals surface area (Å²) in [6, 6.07) is 12.8. The SMILES string of the molecule is CCOc1ccc(CN(CCCN2CCOCC2)C(=O)Nc2ccc(Cl)c(Cl)c2)cc1. The molecule has 0 aromatic heterocycles. The summed E-state index contributed by atoms with van der Waals surface area (Å²) in [5.41, 5.74) is 1.66. The first-order valence-electron chi connectivity index (χ1n) is 10.6. The molecular formula is C23H29Cl2N3O3. The molecule has 0 radical (unpaired) electrons. The second-order valence-corrected chi connectivity index (χ2v) is 8.18. The lowest BCUT2D eigenvalue weighted by Crippen LogP contribution is -2.40. The Labute approximate surface area is 194 Å². The number of anilines is 1. The van der Waals surface area contributed by atoms with Crippen molar-refractivity contribution in [2.75, 3.05) is 51.3 Å². The van der Waals surface area contributed by atoms with Crippen LogP contribution in [-0.2, 0) is 11.3 Å². The van der Waals surface area contributed by atoms with Crippen molar-refractivity contribution >= 4 is 34.9 Å². The molecule has 1 heterocycles. The van der Waals surface area contributed by atoms with Gasteiger partial charge in [-0.3, -0.25) is 4.90 Å². The maximum absolute atomic E-state index is 13.0. The van der Waals surface area contributed by atoms with Gasteiger partial charge in [-0.2, -0.15) is 0 Å². The molecule has 1 aliphatic heterocycles. The number of hydrogen-bond donors (Lipinski definition) is 1. The van der Waals surface area contributed by atoms with Crippen molar-refractivity contribution in [1.29, 1.82) is 0 Å². The number of rotatable bonds is 9. The van der Waals surface area contributed by atoms with Gasteiger partial charge in [-0.15, -0.1) is 0 Å². The van der Waals surface area contributed by atoms with Crippen molar-refractivity contribution in [3.05, 3.63) is 58.1 Å². The van der Waals surface area contributed by atoms with Crippen LogP contribution in [0.1, 0.15) is 18.9 Å². The smallest absolute Gasteiger partial charge is 0.322 e. The zero-order valence-electron chi connectivity index (χ0n) is 17.8. The fourth-order valence-electron chi connectivity index (χ4n) is 3.42. The lowest BCUT2D eigenvalue weighted by molar-refractivity contribution is 0.0365. The van der Waals surface area contributed by atoms with Crippen molar-refractivity contribution in [3.63, 3.8) is 0 Å². The average molecular weight is 466 g/mol. The molecule has 0 atom stereocenters. The number of carbonyl (C=O) groups is 1. The molecule has 1 aliphatic rings. The number of nitrogens with zero attached hydrogens (tertiary/aromatic N) is 2. The number of morpholine rings is 1. The third-order valence-electron chi connectivity index (χ3n) is 5.07. The number of ether oxygens (including phenoxy) is 2. The van der Waals surface area contributed by atoms with Crippen molar-refractivity contribution in [3.8, 4) is 5.75 Å². The van der Waals surface area contributed by atoms with Crippen molar-refractivity contribution in [2.45, 2.75) is 19.9 Å². The summed E-state index contributed by atoms with van der Waals surface area (Å²) in [5, 5.41) is 3.80. The van der Waals surface area contributed by atoms with E-state index in [4.69, 9.17) is 32.7 Å². The predicted molar refractivity (Wildman–Crippen MR) is 125 cm³/mol. The van der Waals surface area contributed by atoms with Crippen LogP contribution in [0.2, 0.25) is 10.0 Å². The highest BCUT2D eigenvalue weighted by Crippen LogP contribution is 2.25. The van der Waals surface area contributed by atoms with E-state index in [1.54, 1.807) is 18.2 Å². The Kier molecular flexibility index (Phi) is 9.28. The van der Waals surface area contributed by atoms with E-state index < -0.39 is 0 Å². The van der Waals surface area contributed by atoms with E-state index in [9.17, 15) is 4.79 Å². The summed E-state index contributed by atoms with van der Waals surface area (Å²) in [7, 11) is 0. The largest absolute Gasteiger partial charge is 0.494 e. The molecule has 2 aromatic rings. The first-order chi connectivity index (χ1) is 15.0. The molecule has 168 valence electrons. The van der Waals surface area contributed by atoms with E-state index in [1.165, 1.54) is 0 Å². The molecule has 0 bridgehead atoms. The normalized spacial score (nSPS) is 14.3. The number of halogens is 2. The van der Waals surface area contributed by atoms with Gasteiger partial charge in [0, 0.05) is 38.4 Å². The van der Waals surface area contributed by atoms with Crippen molar-refractivity contribution in [1.82, 2.24) is 9.80 Å². The Balaban J connectivity index is 1.64. The summed E-state index contributed by atoms with van der Waals surface area (Å²) < 4.78 is 10.9. The van der Waals surface area contributed by atoms with E-state index in [2.05, 4.69) is 10.2 Å². The fourth-order valence-corrected chi connectivity index (χ4v) is 3.72. The molecule has 2 aromatic carbocycles.